The van der Waals surface area contributed by atoms with Gasteiger partial charge >= 0.3 is 0 Å². The summed E-state index contributed by atoms with van der Waals surface area (Å²) in [5.74, 6) is -0.478. The summed E-state index contributed by atoms with van der Waals surface area (Å²) < 4.78 is 18.5. The summed E-state index contributed by atoms with van der Waals surface area (Å²) in [5, 5.41) is 0. The van der Waals surface area contributed by atoms with E-state index in [-0.39, 0.29) is 17.5 Å². The summed E-state index contributed by atoms with van der Waals surface area (Å²) in [7, 11) is 3.10. The van der Waals surface area contributed by atoms with Crippen LogP contribution in [0.5, 0.6) is 5.75 Å². The maximum atomic E-state index is 13.6. The molecule has 16 heavy (non-hydrogen) atoms. The molecule has 0 fully saturated rings. The molecule has 1 rings (SSSR count). The molecule has 0 saturated carbocycles. The van der Waals surface area contributed by atoms with Crippen LogP contribution in [0.4, 0.5) is 4.39 Å². The minimum absolute atomic E-state index is 0.0361. The molecule has 88 valence electrons. The Morgan fingerprint density at radius 2 is 2.06 bits per heavy atom. The maximum absolute atomic E-state index is 13.6. The lowest BCUT2D eigenvalue weighted by Crippen LogP contribution is -2.33. The zero-order valence-corrected chi connectivity index (χ0v) is 9.95. The van der Waals surface area contributed by atoms with E-state index in [9.17, 15) is 9.18 Å². The van der Waals surface area contributed by atoms with Gasteiger partial charge in [-0.2, -0.15) is 0 Å². The van der Waals surface area contributed by atoms with Crippen molar-refractivity contribution in [1.82, 2.24) is 4.90 Å². The SMILES string of the molecule is COc1ccc(C(=O)N(C)C(C)C)c(F)c1. The number of rotatable bonds is 3. The lowest BCUT2D eigenvalue weighted by atomic mass is 10.1. The highest BCUT2D eigenvalue weighted by Crippen LogP contribution is 2.17. The molecule has 0 heterocycles. The van der Waals surface area contributed by atoms with Crippen LogP contribution in [0.1, 0.15) is 24.2 Å². The van der Waals surface area contributed by atoms with E-state index in [0.29, 0.717) is 5.75 Å². The summed E-state index contributed by atoms with van der Waals surface area (Å²) in [6.45, 7) is 3.75. The van der Waals surface area contributed by atoms with Gasteiger partial charge in [-0.1, -0.05) is 0 Å². The van der Waals surface area contributed by atoms with Crippen molar-refractivity contribution in [2.75, 3.05) is 14.2 Å². The molecule has 4 heteroatoms. The molecular weight excluding hydrogens is 209 g/mol. The molecule has 1 aromatic rings. The van der Waals surface area contributed by atoms with Crippen LogP contribution in [0.25, 0.3) is 0 Å². The number of benzene rings is 1. The van der Waals surface area contributed by atoms with Crippen LogP contribution in [-0.2, 0) is 0 Å². The van der Waals surface area contributed by atoms with Crippen LogP contribution in [-0.4, -0.2) is 31.0 Å². The third kappa shape index (κ3) is 2.51. The molecule has 3 nitrogen and oxygen atoms in total. The van der Waals surface area contributed by atoms with Gasteiger partial charge in [-0.25, -0.2) is 4.39 Å². The molecule has 0 radical (unpaired) electrons. The van der Waals surface area contributed by atoms with Crippen LogP contribution in [0.3, 0.4) is 0 Å². The summed E-state index contributed by atoms with van der Waals surface area (Å²) in [4.78, 5) is 13.3. The van der Waals surface area contributed by atoms with Crippen molar-refractivity contribution in [1.29, 1.82) is 0 Å². The number of carbonyl (C=O) groups excluding carboxylic acids is 1. The first-order valence-corrected chi connectivity index (χ1v) is 5.08. The molecule has 0 spiro atoms. The monoisotopic (exact) mass is 225 g/mol. The highest BCUT2D eigenvalue weighted by Gasteiger charge is 2.18. The van der Waals surface area contributed by atoms with Crippen molar-refractivity contribution in [3.05, 3.63) is 29.6 Å². The van der Waals surface area contributed by atoms with E-state index in [0.717, 1.165) is 0 Å². The number of hydrogen-bond donors (Lipinski definition) is 0. The summed E-state index contributed by atoms with van der Waals surface area (Å²) in [6, 6.07) is 4.26. The average molecular weight is 225 g/mol. The summed E-state index contributed by atoms with van der Waals surface area (Å²) in [6.07, 6.45) is 0. The quantitative estimate of drug-likeness (QED) is 0.790. The summed E-state index contributed by atoms with van der Waals surface area (Å²) >= 11 is 0. The Labute approximate surface area is 94.8 Å². The minimum atomic E-state index is -0.558. The number of hydrogen-bond acceptors (Lipinski definition) is 2. The maximum Gasteiger partial charge on any atom is 0.256 e. The first kappa shape index (κ1) is 12.5. The van der Waals surface area contributed by atoms with Crippen molar-refractivity contribution in [3.63, 3.8) is 0 Å². The second kappa shape index (κ2) is 4.96. The van der Waals surface area contributed by atoms with Gasteiger partial charge in [0, 0.05) is 19.2 Å². The number of ether oxygens (including phenoxy) is 1. The van der Waals surface area contributed by atoms with E-state index in [1.54, 1.807) is 13.1 Å². The highest BCUT2D eigenvalue weighted by atomic mass is 19.1. The molecule has 0 atom stereocenters. The molecular formula is C12H16FNO2. The first-order chi connectivity index (χ1) is 7.47. The van der Waals surface area contributed by atoms with Gasteiger partial charge in [0.1, 0.15) is 11.6 Å². The Hall–Kier alpha value is -1.58. The molecule has 0 aliphatic rings. The predicted octanol–water partition coefficient (Wildman–Crippen LogP) is 2.31. The van der Waals surface area contributed by atoms with Crippen LogP contribution < -0.4 is 4.74 Å². The fourth-order valence-corrected chi connectivity index (χ4v) is 1.22. The zero-order valence-electron chi connectivity index (χ0n) is 9.95. The Kier molecular flexibility index (Phi) is 3.88. The molecule has 0 N–H and O–H groups in total. The number of halogens is 1. The molecule has 0 aromatic heterocycles. The molecule has 1 amide bonds. The fraction of sp³-hybridized carbons (Fsp3) is 0.417. The molecule has 0 bridgehead atoms. The number of methoxy groups -OCH3 is 1. The van der Waals surface area contributed by atoms with Crippen molar-refractivity contribution < 1.29 is 13.9 Å². The van der Waals surface area contributed by atoms with Crippen molar-refractivity contribution in [2.24, 2.45) is 0 Å². The number of amides is 1. The summed E-state index contributed by atoms with van der Waals surface area (Å²) in [5.41, 5.74) is 0.0667. The van der Waals surface area contributed by atoms with E-state index in [1.165, 1.54) is 24.1 Å². The van der Waals surface area contributed by atoms with Crippen LogP contribution in [0.2, 0.25) is 0 Å². The third-order valence-corrected chi connectivity index (χ3v) is 2.50. The van der Waals surface area contributed by atoms with Crippen LogP contribution in [0, 0.1) is 5.82 Å². The average Bonchev–Trinajstić information content (AvgIpc) is 2.26. The van der Waals surface area contributed by atoms with Crippen molar-refractivity contribution >= 4 is 5.91 Å². The van der Waals surface area contributed by atoms with Gasteiger partial charge < -0.3 is 9.64 Å². The van der Waals surface area contributed by atoms with Gasteiger partial charge in [0.05, 0.1) is 12.7 Å². The van der Waals surface area contributed by atoms with E-state index in [1.807, 2.05) is 13.8 Å². The van der Waals surface area contributed by atoms with Gasteiger partial charge in [-0.15, -0.1) is 0 Å². The smallest absolute Gasteiger partial charge is 0.256 e. The van der Waals surface area contributed by atoms with Crippen LogP contribution >= 0.6 is 0 Å². The highest BCUT2D eigenvalue weighted by molar-refractivity contribution is 5.94. The van der Waals surface area contributed by atoms with Gasteiger partial charge in [0.15, 0.2) is 0 Å². The molecule has 0 saturated heterocycles. The number of nitrogens with zero attached hydrogens (tertiary/aromatic N) is 1. The van der Waals surface area contributed by atoms with E-state index >= 15 is 0 Å². The largest absolute Gasteiger partial charge is 0.497 e. The Morgan fingerprint density at radius 3 is 2.50 bits per heavy atom. The second-order valence-electron chi connectivity index (χ2n) is 3.86. The van der Waals surface area contributed by atoms with Gasteiger partial charge in [-0.3, -0.25) is 4.79 Å². The second-order valence-corrected chi connectivity index (χ2v) is 3.86. The normalized spacial score (nSPS) is 10.4. The van der Waals surface area contributed by atoms with E-state index in [4.69, 9.17) is 4.74 Å². The molecule has 0 unspecified atom stereocenters. The first-order valence-electron chi connectivity index (χ1n) is 5.08. The topological polar surface area (TPSA) is 29.5 Å². The van der Waals surface area contributed by atoms with E-state index < -0.39 is 5.82 Å². The lowest BCUT2D eigenvalue weighted by Gasteiger charge is -2.21. The van der Waals surface area contributed by atoms with E-state index in [2.05, 4.69) is 0 Å². The Balaban J connectivity index is 3.01. The molecule has 0 aliphatic carbocycles. The fourth-order valence-electron chi connectivity index (χ4n) is 1.22. The number of carbonyl (C=O) groups is 1. The van der Waals surface area contributed by atoms with Crippen molar-refractivity contribution in [2.45, 2.75) is 19.9 Å². The predicted molar refractivity (Wildman–Crippen MR) is 60.2 cm³/mol. The van der Waals surface area contributed by atoms with Crippen LogP contribution in [0.15, 0.2) is 18.2 Å². The van der Waals surface area contributed by atoms with Gasteiger partial charge in [0.2, 0.25) is 0 Å². The third-order valence-electron chi connectivity index (χ3n) is 2.50. The van der Waals surface area contributed by atoms with Crippen molar-refractivity contribution in [3.8, 4) is 5.75 Å². The molecule has 1 aromatic carbocycles. The van der Waals surface area contributed by atoms with Gasteiger partial charge in [0.25, 0.3) is 5.91 Å². The van der Waals surface area contributed by atoms with Gasteiger partial charge in [-0.05, 0) is 26.0 Å². The minimum Gasteiger partial charge on any atom is -0.497 e. The standard InChI is InChI=1S/C12H16FNO2/c1-8(2)14(3)12(15)10-6-5-9(16-4)7-11(10)13/h5-8H,1-4H3. The lowest BCUT2D eigenvalue weighted by molar-refractivity contribution is 0.0750. The molecule has 0 aliphatic heterocycles. The Bertz CT molecular complexity index is 391. The zero-order chi connectivity index (χ0) is 12.3. The Morgan fingerprint density at radius 1 is 1.44 bits per heavy atom.